The van der Waals surface area contributed by atoms with Gasteiger partial charge in [0.25, 0.3) is 5.91 Å². The van der Waals surface area contributed by atoms with Crippen molar-refractivity contribution < 1.29 is 4.79 Å². The molecule has 0 bridgehead atoms. The molecule has 4 heteroatoms. The van der Waals surface area contributed by atoms with Crippen LogP contribution in [0.5, 0.6) is 0 Å². The topological polar surface area (TPSA) is 26.8 Å². The van der Waals surface area contributed by atoms with Crippen molar-refractivity contribution in [3.8, 4) is 0 Å². The van der Waals surface area contributed by atoms with Crippen molar-refractivity contribution in [2.45, 2.75) is 83.2 Å². The van der Waals surface area contributed by atoms with Crippen LogP contribution in [0, 0.1) is 5.41 Å². The molecule has 1 saturated carbocycles. The fourth-order valence-electron chi connectivity index (χ4n) is 6.24. The fraction of sp³-hybridized carbons (Fsp3) is 0.731. The molecule has 1 aromatic rings. The molecule has 1 unspecified atom stereocenters. The van der Waals surface area contributed by atoms with Crippen molar-refractivity contribution in [2.24, 2.45) is 5.41 Å². The number of rotatable bonds is 3. The number of benzene rings is 1. The highest BCUT2D eigenvalue weighted by atomic mass is 16.2. The zero-order valence-corrected chi connectivity index (χ0v) is 18.8. The van der Waals surface area contributed by atoms with E-state index in [9.17, 15) is 4.79 Å². The number of anilines is 1. The summed E-state index contributed by atoms with van der Waals surface area (Å²) in [5, 5.41) is 0. The lowest BCUT2D eigenvalue weighted by Gasteiger charge is -2.50. The van der Waals surface area contributed by atoms with Gasteiger partial charge in [-0.3, -0.25) is 4.79 Å². The zero-order chi connectivity index (χ0) is 20.6. The van der Waals surface area contributed by atoms with Crippen LogP contribution in [-0.4, -0.2) is 60.5 Å². The van der Waals surface area contributed by atoms with Gasteiger partial charge in [-0.1, -0.05) is 6.42 Å². The third kappa shape index (κ3) is 4.00. The third-order valence-corrected chi connectivity index (χ3v) is 8.82. The highest BCUT2D eigenvalue weighted by molar-refractivity contribution is 5.94. The molecule has 1 atom stereocenters. The highest BCUT2D eigenvalue weighted by Gasteiger charge is 2.39. The van der Waals surface area contributed by atoms with Crippen molar-refractivity contribution >= 4 is 11.6 Å². The minimum absolute atomic E-state index is 0.213. The predicted molar refractivity (Wildman–Crippen MR) is 123 cm³/mol. The van der Waals surface area contributed by atoms with Crippen LogP contribution in [0.1, 0.15) is 81.5 Å². The molecule has 4 aliphatic rings. The van der Waals surface area contributed by atoms with Gasteiger partial charge in [0, 0.05) is 43.0 Å². The summed E-state index contributed by atoms with van der Waals surface area (Å²) in [6.07, 6.45) is 13.3. The molecular weight excluding hydrogens is 370 g/mol. The summed E-state index contributed by atoms with van der Waals surface area (Å²) in [7, 11) is 0. The second-order valence-corrected chi connectivity index (χ2v) is 10.5. The Morgan fingerprint density at radius 1 is 0.833 bits per heavy atom. The summed E-state index contributed by atoms with van der Waals surface area (Å²) in [4.78, 5) is 20.3. The van der Waals surface area contributed by atoms with Gasteiger partial charge in [0.15, 0.2) is 0 Å². The van der Waals surface area contributed by atoms with Crippen LogP contribution in [0.3, 0.4) is 0 Å². The first kappa shape index (κ1) is 20.4. The lowest BCUT2D eigenvalue weighted by molar-refractivity contribution is 0.0306. The minimum Gasteiger partial charge on any atom is -0.371 e. The van der Waals surface area contributed by atoms with Gasteiger partial charge in [0.2, 0.25) is 0 Å². The summed E-state index contributed by atoms with van der Waals surface area (Å²) < 4.78 is 0. The molecule has 3 aliphatic heterocycles. The summed E-state index contributed by atoms with van der Waals surface area (Å²) in [6.45, 7) is 8.09. The Balaban J connectivity index is 1.15. The average molecular weight is 410 g/mol. The van der Waals surface area contributed by atoms with Crippen molar-refractivity contribution in [1.29, 1.82) is 0 Å². The van der Waals surface area contributed by atoms with Crippen LogP contribution < -0.4 is 4.90 Å². The van der Waals surface area contributed by atoms with Crippen molar-refractivity contribution in [3.05, 3.63) is 29.8 Å². The normalized spacial score (nSPS) is 27.8. The van der Waals surface area contributed by atoms with Crippen molar-refractivity contribution in [3.63, 3.8) is 0 Å². The van der Waals surface area contributed by atoms with Gasteiger partial charge >= 0.3 is 0 Å². The average Bonchev–Trinajstić information content (AvgIpc) is 2.75. The van der Waals surface area contributed by atoms with Crippen LogP contribution >= 0.6 is 0 Å². The molecule has 1 amide bonds. The maximum atomic E-state index is 12.9. The molecule has 1 aliphatic carbocycles. The fourth-order valence-corrected chi connectivity index (χ4v) is 6.24. The van der Waals surface area contributed by atoms with E-state index in [1.807, 2.05) is 0 Å². The number of carbonyl (C=O) groups is 1. The lowest BCUT2D eigenvalue weighted by Crippen LogP contribution is -2.50. The molecule has 0 aromatic heterocycles. The van der Waals surface area contributed by atoms with E-state index in [2.05, 4.69) is 45.9 Å². The number of piperidine rings is 3. The van der Waals surface area contributed by atoms with E-state index in [1.165, 1.54) is 83.2 Å². The predicted octanol–water partition coefficient (Wildman–Crippen LogP) is 4.94. The molecule has 3 heterocycles. The maximum absolute atomic E-state index is 12.9. The van der Waals surface area contributed by atoms with Gasteiger partial charge < -0.3 is 14.7 Å². The summed E-state index contributed by atoms with van der Waals surface area (Å²) in [6, 6.07) is 9.76. The van der Waals surface area contributed by atoms with Gasteiger partial charge in [-0.05, 0) is 107 Å². The molecule has 4 fully saturated rings. The first-order valence-corrected chi connectivity index (χ1v) is 12.5. The van der Waals surface area contributed by atoms with E-state index in [0.717, 1.165) is 31.0 Å². The number of carbonyl (C=O) groups excluding carboxylic acids is 1. The van der Waals surface area contributed by atoms with Crippen molar-refractivity contribution in [1.82, 2.24) is 9.80 Å². The number of hydrogen-bond donors (Lipinski definition) is 0. The Morgan fingerprint density at radius 2 is 1.50 bits per heavy atom. The van der Waals surface area contributed by atoms with E-state index in [1.54, 1.807) is 0 Å². The van der Waals surface area contributed by atoms with Crippen LogP contribution in [0.4, 0.5) is 5.69 Å². The lowest BCUT2D eigenvalue weighted by atomic mass is 9.70. The first-order valence-electron chi connectivity index (χ1n) is 12.5. The monoisotopic (exact) mass is 409 g/mol. The van der Waals surface area contributed by atoms with E-state index >= 15 is 0 Å². The first-order chi connectivity index (χ1) is 14.6. The van der Waals surface area contributed by atoms with Gasteiger partial charge in [0.1, 0.15) is 0 Å². The van der Waals surface area contributed by atoms with Gasteiger partial charge in [0.05, 0.1) is 0 Å². The summed E-state index contributed by atoms with van der Waals surface area (Å²) in [5.41, 5.74) is 2.74. The highest BCUT2D eigenvalue weighted by Crippen LogP contribution is 2.43. The number of amides is 1. The third-order valence-electron chi connectivity index (χ3n) is 8.82. The second-order valence-electron chi connectivity index (χ2n) is 10.5. The molecule has 1 spiro atoms. The van der Waals surface area contributed by atoms with Crippen LogP contribution in [0.15, 0.2) is 24.3 Å². The van der Waals surface area contributed by atoms with Gasteiger partial charge in [-0.25, -0.2) is 0 Å². The van der Waals surface area contributed by atoms with Crippen molar-refractivity contribution in [2.75, 3.05) is 37.6 Å². The Bertz CT molecular complexity index is 723. The van der Waals surface area contributed by atoms with E-state index in [4.69, 9.17) is 0 Å². The van der Waals surface area contributed by atoms with E-state index in [0.29, 0.717) is 11.5 Å². The molecule has 164 valence electrons. The molecule has 30 heavy (non-hydrogen) atoms. The Hall–Kier alpha value is -1.55. The Morgan fingerprint density at radius 3 is 2.10 bits per heavy atom. The Kier molecular flexibility index (Phi) is 5.79. The minimum atomic E-state index is 0.213. The van der Waals surface area contributed by atoms with Crippen LogP contribution in [0.25, 0.3) is 0 Å². The maximum Gasteiger partial charge on any atom is 0.254 e. The quantitative estimate of drug-likeness (QED) is 0.708. The van der Waals surface area contributed by atoms with Gasteiger partial charge in [-0.15, -0.1) is 0 Å². The van der Waals surface area contributed by atoms with Gasteiger partial charge in [-0.2, -0.15) is 0 Å². The smallest absolute Gasteiger partial charge is 0.254 e. The molecule has 5 rings (SSSR count). The molecule has 4 nitrogen and oxygen atoms in total. The zero-order valence-electron chi connectivity index (χ0n) is 18.8. The second kappa shape index (κ2) is 8.53. The molecule has 0 N–H and O–H groups in total. The molecule has 1 aromatic carbocycles. The molecule has 0 radical (unpaired) electrons. The number of hydrogen-bond acceptors (Lipinski definition) is 3. The van der Waals surface area contributed by atoms with Crippen LogP contribution in [-0.2, 0) is 0 Å². The SMILES string of the molecule is CC1CCCCN1C(=O)c1ccc(N2CCC3(CC2)CCN(C2CCC2)CC3)cc1. The standard InChI is InChI=1S/C26H39N3O/c1-21-5-2-3-16-29(21)25(30)22-8-10-24(11-9-22)28-19-14-26(15-20-28)12-17-27(18-13-26)23-6-4-7-23/h8-11,21,23H,2-7,12-20H2,1H3. The number of likely N-dealkylation sites (tertiary alicyclic amines) is 2. The summed E-state index contributed by atoms with van der Waals surface area (Å²) in [5.74, 6) is 0.213. The molecular formula is C26H39N3O. The largest absolute Gasteiger partial charge is 0.371 e. The molecule has 3 saturated heterocycles. The number of nitrogens with zero attached hydrogens (tertiary/aromatic N) is 3. The van der Waals surface area contributed by atoms with E-state index in [-0.39, 0.29) is 5.91 Å². The van der Waals surface area contributed by atoms with E-state index < -0.39 is 0 Å². The Labute approximate surface area is 182 Å². The summed E-state index contributed by atoms with van der Waals surface area (Å²) >= 11 is 0. The van der Waals surface area contributed by atoms with Crippen LogP contribution in [0.2, 0.25) is 0 Å².